The molecule has 3 rings (SSSR count). The van der Waals surface area contributed by atoms with Crippen molar-refractivity contribution in [1.29, 1.82) is 0 Å². The number of carbonyl (C=O) groups is 1. The van der Waals surface area contributed by atoms with Gasteiger partial charge >= 0.3 is 0 Å². The molecule has 2 N–H and O–H groups in total. The Labute approximate surface area is 148 Å². The van der Waals surface area contributed by atoms with Crippen molar-refractivity contribution in [3.05, 3.63) is 59.1 Å². The van der Waals surface area contributed by atoms with E-state index in [1.54, 1.807) is 0 Å². The van der Waals surface area contributed by atoms with Crippen LogP contribution in [0.3, 0.4) is 0 Å². The summed E-state index contributed by atoms with van der Waals surface area (Å²) in [6.45, 7) is 0.131. The number of carbonyl (C=O) groups excluding carboxylic acids is 1. The summed E-state index contributed by atoms with van der Waals surface area (Å²) < 4.78 is 54.9. The number of fused-ring (bicyclic) bond motifs is 1. The lowest BCUT2D eigenvalue weighted by molar-refractivity contribution is 0.103. The number of hydrogen-bond donors (Lipinski definition) is 2. The summed E-state index contributed by atoms with van der Waals surface area (Å²) >= 11 is -2.17. The normalized spacial score (nSPS) is 12.4. The zero-order valence-electron chi connectivity index (χ0n) is 13.2. The van der Waals surface area contributed by atoms with Crippen molar-refractivity contribution in [3.63, 3.8) is 0 Å². The molecule has 0 fully saturated rings. The Hall–Kier alpha value is -2.56. The van der Waals surface area contributed by atoms with Crippen molar-refractivity contribution >= 4 is 28.3 Å². The van der Waals surface area contributed by atoms with Gasteiger partial charge in [-0.15, -0.1) is 0 Å². The van der Waals surface area contributed by atoms with Crippen LogP contribution >= 0.6 is 0 Å². The fourth-order valence-electron chi connectivity index (χ4n) is 2.45. The van der Waals surface area contributed by atoms with Crippen molar-refractivity contribution in [3.8, 4) is 0 Å². The molecule has 0 aliphatic carbocycles. The smallest absolute Gasteiger partial charge is 0.247 e. The van der Waals surface area contributed by atoms with Crippen LogP contribution in [0.25, 0.3) is 11.2 Å². The average Bonchev–Trinajstić information content (AvgIpc) is 3.08. The van der Waals surface area contributed by atoms with E-state index in [4.69, 9.17) is 8.97 Å². The Kier molecular flexibility index (Phi) is 5.45. The van der Waals surface area contributed by atoms with Gasteiger partial charge < -0.3 is 4.42 Å². The number of aromatic nitrogens is 2. The van der Waals surface area contributed by atoms with Gasteiger partial charge in [-0.05, 0) is 42.7 Å². The van der Waals surface area contributed by atoms with Crippen LogP contribution < -0.4 is 4.72 Å². The van der Waals surface area contributed by atoms with Crippen LogP contribution in [0.4, 0.5) is 8.78 Å². The first kappa shape index (κ1) is 18.2. The molecule has 1 aromatic carbocycles. The van der Waals surface area contributed by atoms with Gasteiger partial charge in [0.25, 0.3) is 0 Å². The molecule has 7 nitrogen and oxygen atoms in total. The first-order valence-electron chi connectivity index (χ1n) is 7.53. The van der Waals surface area contributed by atoms with Crippen LogP contribution in [-0.4, -0.2) is 31.1 Å². The van der Waals surface area contributed by atoms with E-state index in [0.29, 0.717) is 5.52 Å². The number of rotatable bonds is 7. The summed E-state index contributed by atoms with van der Waals surface area (Å²) in [5.41, 5.74) is 0.0263. The summed E-state index contributed by atoms with van der Waals surface area (Å²) in [5.74, 6) is -2.39. The second kappa shape index (κ2) is 7.77. The quantitative estimate of drug-likeness (QED) is 0.370. The van der Waals surface area contributed by atoms with Crippen molar-refractivity contribution in [2.45, 2.75) is 12.8 Å². The molecule has 2 heterocycles. The molecule has 0 aliphatic rings. The number of benzene rings is 1. The summed E-state index contributed by atoms with van der Waals surface area (Å²) in [6.07, 6.45) is 1.53. The minimum atomic E-state index is -2.17. The molecule has 2 aromatic heterocycles. The van der Waals surface area contributed by atoms with E-state index in [1.807, 2.05) is 0 Å². The van der Waals surface area contributed by atoms with Crippen LogP contribution in [0.2, 0.25) is 0 Å². The number of ketones is 1. The highest BCUT2D eigenvalue weighted by atomic mass is 32.2. The van der Waals surface area contributed by atoms with E-state index in [2.05, 4.69) is 14.7 Å². The number of nitrogens with one attached hydrogen (secondary N) is 1. The van der Waals surface area contributed by atoms with Gasteiger partial charge in [-0.2, -0.15) is 0 Å². The third kappa shape index (κ3) is 3.98. The largest absolute Gasteiger partial charge is 0.425 e. The van der Waals surface area contributed by atoms with Crippen molar-refractivity contribution in [2.75, 3.05) is 6.54 Å². The monoisotopic (exact) mass is 381 g/mol. The molecule has 136 valence electrons. The second-order valence-corrected chi connectivity index (χ2v) is 6.16. The van der Waals surface area contributed by atoms with Crippen molar-refractivity contribution in [1.82, 2.24) is 14.7 Å². The zero-order chi connectivity index (χ0) is 18.7. The van der Waals surface area contributed by atoms with Crippen molar-refractivity contribution < 1.29 is 26.8 Å². The second-order valence-electron chi connectivity index (χ2n) is 5.38. The maximum atomic E-state index is 14.6. The molecule has 0 aliphatic heterocycles. The lowest BCUT2D eigenvalue weighted by atomic mass is 10.0. The van der Waals surface area contributed by atoms with Crippen LogP contribution in [0.1, 0.15) is 28.0 Å². The predicted octanol–water partition coefficient (Wildman–Crippen LogP) is 2.39. The Morgan fingerprint density at radius 3 is 2.88 bits per heavy atom. The van der Waals surface area contributed by atoms with Gasteiger partial charge in [0.15, 0.2) is 6.39 Å². The van der Waals surface area contributed by atoms with E-state index < -0.39 is 34.2 Å². The first-order valence-corrected chi connectivity index (χ1v) is 8.63. The summed E-state index contributed by atoms with van der Waals surface area (Å²) in [7, 11) is 0. The average molecular weight is 381 g/mol. The number of pyridine rings is 1. The van der Waals surface area contributed by atoms with E-state index >= 15 is 0 Å². The van der Waals surface area contributed by atoms with Gasteiger partial charge in [-0.3, -0.25) is 9.35 Å². The number of aryl methyl sites for hydroxylation is 1. The van der Waals surface area contributed by atoms with Gasteiger partial charge in [-0.1, -0.05) is 0 Å². The number of hydrogen-bond acceptors (Lipinski definition) is 5. The highest BCUT2D eigenvalue weighted by Crippen LogP contribution is 2.21. The molecule has 0 saturated heterocycles. The first-order chi connectivity index (χ1) is 12.5. The van der Waals surface area contributed by atoms with E-state index in [9.17, 15) is 17.8 Å². The summed E-state index contributed by atoms with van der Waals surface area (Å²) in [4.78, 5) is 20.4. The molecule has 0 saturated carbocycles. The molecule has 1 unspecified atom stereocenters. The minimum Gasteiger partial charge on any atom is -0.425 e. The van der Waals surface area contributed by atoms with Crippen LogP contribution in [0.15, 0.2) is 35.1 Å². The summed E-state index contributed by atoms with van der Waals surface area (Å²) in [6, 6.07) is 4.67. The SMILES string of the molecule is O=C(c1ccc2ncoc2n1)c1cc(F)cc(CCCNS(=O)O)c1F. The number of oxazole rings is 1. The molecular formula is C16H13F2N3O4S. The third-order valence-corrected chi connectivity index (χ3v) is 4.09. The lowest BCUT2D eigenvalue weighted by Gasteiger charge is -2.08. The maximum absolute atomic E-state index is 14.6. The predicted molar refractivity (Wildman–Crippen MR) is 88.7 cm³/mol. The van der Waals surface area contributed by atoms with Gasteiger partial charge in [-0.25, -0.2) is 27.7 Å². The highest BCUT2D eigenvalue weighted by molar-refractivity contribution is 7.77. The fraction of sp³-hybridized carbons (Fsp3) is 0.188. The molecule has 0 amide bonds. The maximum Gasteiger partial charge on any atom is 0.247 e. The lowest BCUT2D eigenvalue weighted by Crippen LogP contribution is -2.18. The standard InChI is InChI=1S/C16H13F2N3O4S/c17-10-6-9(2-1-5-20-26(23)24)14(18)11(7-10)15(22)12-3-4-13-16(21-12)25-8-19-13/h3-4,6-8,20H,1-2,5H2,(H,23,24). The molecule has 26 heavy (non-hydrogen) atoms. The Bertz CT molecular complexity index is 993. The van der Waals surface area contributed by atoms with Gasteiger partial charge in [0.2, 0.25) is 22.8 Å². The van der Waals surface area contributed by atoms with Gasteiger partial charge in [0, 0.05) is 6.54 Å². The molecule has 0 bridgehead atoms. The number of halogens is 2. The van der Waals surface area contributed by atoms with Crippen LogP contribution in [0, 0.1) is 11.6 Å². The van der Waals surface area contributed by atoms with E-state index in [1.165, 1.54) is 18.5 Å². The molecule has 1 atom stereocenters. The molecule has 0 spiro atoms. The molecular weight excluding hydrogens is 368 g/mol. The van der Waals surface area contributed by atoms with Gasteiger partial charge in [0.05, 0.1) is 5.56 Å². The topological polar surface area (TPSA) is 105 Å². The fourth-order valence-corrected chi connectivity index (χ4v) is 2.77. The number of nitrogens with zero attached hydrogens (tertiary/aromatic N) is 2. The van der Waals surface area contributed by atoms with Crippen molar-refractivity contribution in [2.24, 2.45) is 0 Å². The van der Waals surface area contributed by atoms with E-state index in [0.717, 1.165) is 12.1 Å². The van der Waals surface area contributed by atoms with E-state index in [-0.39, 0.29) is 36.4 Å². The van der Waals surface area contributed by atoms with Crippen LogP contribution in [0.5, 0.6) is 0 Å². The zero-order valence-corrected chi connectivity index (χ0v) is 14.1. The molecule has 10 heteroatoms. The minimum absolute atomic E-state index is 0.000356. The van der Waals surface area contributed by atoms with Crippen LogP contribution in [-0.2, 0) is 17.7 Å². The highest BCUT2D eigenvalue weighted by Gasteiger charge is 2.20. The third-order valence-electron chi connectivity index (χ3n) is 3.63. The molecule has 0 radical (unpaired) electrons. The van der Waals surface area contributed by atoms with Gasteiger partial charge in [0.1, 0.15) is 22.8 Å². The Balaban J connectivity index is 1.86. The molecule has 3 aromatic rings. The Morgan fingerprint density at radius 1 is 1.31 bits per heavy atom. The summed E-state index contributed by atoms with van der Waals surface area (Å²) in [5, 5.41) is 0. The Morgan fingerprint density at radius 2 is 2.12 bits per heavy atom.